The van der Waals surface area contributed by atoms with Crippen LogP contribution in [0.3, 0.4) is 0 Å². The number of rotatable bonds is 2. The van der Waals surface area contributed by atoms with Gasteiger partial charge < -0.3 is 5.73 Å². The van der Waals surface area contributed by atoms with E-state index in [0.717, 1.165) is 12.1 Å². The summed E-state index contributed by atoms with van der Waals surface area (Å²) in [4.78, 5) is 0. The van der Waals surface area contributed by atoms with Crippen LogP contribution in [0.4, 0.5) is 13.2 Å². The van der Waals surface area contributed by atoms with Crippen LogP contribution in [0.25, 0.3) is 11.1 Å². The number of hydrogen-bond donors (Lipinski definition) is 1. The van der Waals surface area contributed by atoms with Gasteiger partial charge in [-0.15, -0.1) is 0 Å². The van der Waals surface area contributed by atoms with Crippen LogP contribution in [-0.4, -0.2) is 0 Å². The predicted molar refractivity (Wildman–Crippen MR) is 59.6 cm³/mol. The topological polar surface area (TPSA) is 26.0 Å². The van der Waals surface area contributed by atoms with Crippen LogP contribution in [0.5, 0.6) is 0 Å². The van der Waals surface area contributed by atoms with E-state index in [1.165, 1.54) is 18.2 Å². The fraction of sp³-hybridized carbons (Fsp3) is 0.0769. The minimum absolute atomic E-state index is 0.223. The Kier molecular flexibility index (Phi) is 3.15. The summed E-state index contributed by atoms with van der Waals surface area (Å²) in [6.07, 6.45) is 0. The summed E-state index contributed by atoms with van der Waals surface area (Å²) in [6, 6.07) is 7.72. The molecule has 0 saturated carbocycles. The Morgan fingerprint density at radius 3 is 2.18 bits per heavy atom. The molecule has 0 fully saturated rings. The molecular weight excluding hydrogens is 227 g/mol. The first-order chi connectivity index (χ1) is 8.11. The van der Waals surface area contributed by atoms with Gasteiger partial charge in [0.25, 0.3) is 0 Å². The first kappa shape index (κ1) is 11.7. The van der Waals surface area contributed by atoms with Crippen LogP contribution in [-0.2, 0) is 6.54 Å². The van der Waals surface area contributed by atoms with Crippen molar-refractivity contribution in [2.45, 2.75) is 6.54 Å². The van der Waals surface area contributed by atoms with Gasteiger partial charge in [-0.3, -0.25) is 0 Å². The van der Waals surface area contributed by atoms with E-state index in [0.29, 0.717) is 11.1 Å². The number of benzene rings is 2. The van der Waals surface area contributed by atoms with Gasteiger partial charge >= 0.3 is 0 Å². The number of hydrogen-bond acceptors (Lipinski definition) is 1. The molecular formula is C13H10F3N. The summed E-state index contributed by atoms with van der Waals surface area (Å²) in [5, 5.41) is 0. The van der Waals surface area contributed by atoms with Crippen molar-refractivity contribution in [2.75, 3.05) is 0 Å². The van der Waals surface area contributed by atoms with Crippen LogP contribution in [0.1, 0.15) is 5.56 Å². The molecule has 2 aromatic rings. The zero-order chi connectivity index (χ0) is 12.4. The Bertz CT molecular complexity index is 552. The summed E-state index contributed by atoms with van der Waals surface area (Å²) in [7, 11) is 0. The van der Waals surface area contributed by atoms with Crippen molar-refractivity contribution in [2.24, 2.45) is 5.73 Å². The normalized spacial score (nSPS) is 10.6. The van der Waals surface area contributed by atoms with Crippen LogP contribution in [0, 0.1) is 17.5 Å². The second-order valence-corrected chi connectivity index (χ2v) is 3.65. The van der Waals surface area contributed by atoms with Crippen LogP contribution in [0.2, 0.25) is 0 Å². The van der Waals surface area contributed by atoms with Crippen molar-refractivity contribution >= 4 is 0 Å². The van der Waals surface area contributed by atoms with E-state index in [-0.39, 0.29) is 12.1 Å². The Hall–Kier alpha value is -1.81. The van der Waals surface area contributed by atoms with Crippen LogP contribution >= 0.6 is 0 Å². The number of halogens is 3. The third kappa shape index (κ3) is 2.31. The standard InChI is InChI=1S/C13H10F3N/c14-11-4-2-9(6-13(11)16)10-3-1-8(7-17)5-12(10)15/h1-6H,7,17H2. The zero-order valence-electron chi connectivity index (χ0n) is 8.88. The lowest BCUT2D eigenvalue weighted by Crippen LogP contribution is -1.97. The predicted octanol–water partition coefficient (Wildman–Crippen LogP) is 3.23. The van der Waals surface area contributed by atoms with Gasteiger partial charge in [0.15, 0.2) is 11.6 Å². The molecule has 0 heterocycles. The van der Waals surface area contributed by atoms with Crippen LogP contribution in [0.15, 0.2) is 36.4 Å². The largest absolute Gasteiger partial charge is 0.326 e. The average molecular weight is 237 g/mol. The van der Waals surface area contributed by atoms with Crippen molar-refractivity contribution in [1.82, 2.24) is 0 Å². The first-order valence-electron chi connectivity index (χ1n) is 5.05. The molecule has 0 bridgehead atoms. The van der Waals surface area contributed by atoms with E-state index in [1.54, 1.807) is 6.07 Å². The molecule has 2 aromatic carbocycles. The van der Waals surface area contributed by atoms with Gasteiger partial charge in [0.1, 0.15) is 5.82 Å². The Morgan fingerprint density at radius 1 is 0.824 bits per heavy atom. The minimum Gasteiger partial charge on any atom is -0.326 e. The van der Waals surface area contributed by atoms with Gasteiger partial charge in [0, 0.05) is 12.1 Å². The van der Waals surface area contributed by atoms with Crippen molar-refractivity contribution in [3.63, 3.8) is 0 Å². The highest BCUT2D eigenvalue weighted by atomic mass is 19.2. The quantitative estimate of drug-likeness (QED) is 0.852. The monoisotopic (exact) mass is 237 g/mol. The lowest BCUT2D eigenvalue weighted by molar-refractivity contribution is 0.509. The minimum atomic E-state index is -0.996. The van der Waals surface area contributed by atoms with E-state index in [9.17, 15) is 13.2 Å². The molecule has 0 atom stereocenters. The highest BCUT2D eigenvalue weighted by Crippen LogP contribution is 2.25. The Morgan fingerprint density at radius 2 is 1.59 bits per heavy atom. The Balaban J connectivity index is 2.49. The smallest absolute Gasteiger partial charge is 0.159 e. The van der Waals surface area contributed by atoms with E-state index >= 15 is 0 Å². The van der Waals surface area contributed by atoms with E-state index in [4.69, 9.17) is 5.73 Å². The van der Waals surface area contributed by atoms with Crippen molar-refractivity contribution < 1.29 is 13.2 Å². The molecule has 1 nitrogen and oxygen atoms in total. The molecule has 4 heteroatoms. The van der Waals surface area contributed by atoms with Gasteiger partial charge in [-0.25, -0.2) is 13.2 Å². The maximum Gasteiger partial charge on any atom is 0.159 e. The van der Waals surface area contributed by atoms with Crippen LogP contribution < -0.4 is 5.73 Å². The summed E-state index contributed by atoms with van der Waals surface area (Å²) in [6.45, 7) is 0.231. The van der Waals surface area contributed by atoms with Gasteiger partial charge in [0.05, 0.1) is 0 Å². The molecule has 0 saturated heterocycles. The van der Waals surface area contributed by atoms with Gasteiger partial charge in [-0.1, -0.05) is 18.2 Å². The second-order valence-electron chi connectivity index (χ2n) is 3.65. The molecule has 0 aromatic heterocycles. The highest BCUT2D eigenvalue weighted by molar-refractivity contribution is 5.64. The van der Waals surface area contributed by atoms with E-state index < -0.39 is 17.5 Å². The fourth-order valence-electron chi connectivity index (χ4n) is 1.58. The van der Waals surface area contributed by atoms with E-state index in [2.05, 4.69) is 0 Å². The Labute approximate surface area is 96.7 Å². The highest BCUT2D eigenvalue weighted by Gasteiger charge is 2.09. The fourth-order valence-corrected chi connectivity index (χ4v) is 1.58. The molecule has 2 rings (SSSR count). The second kappa shape index (κ2) is 4.59. The van der Waals surface area contributed by atoms with Gasteiger partial charge in [0.2, 0.25) is 0 Å². The first-order valence-corrected chi connectivity index (χ1v) is 5.05. The molecule has 88 valence electrons. The van der Waals surface area contributed by atoms with Gasteiger partial charge in [-0.2, -0.15) is 0 Å². The van der Waals surface area contributed by atoms with Crippen molar-refractivity contribution in [3.8, 4) is 11.1 Å². The maximum absolute atomic E-state index is 13.7. The average Bonchev–Trinajstić information content (AvgIpc) is 2.32. The van der Waals surface area contributed by atoms with Gasteiger partial charge in [-0.05, 0) is 29.3 Å². The summed E-state index contributed by atoms with van der Waals surface area (Å²) < 4.78 is 39.5. The maximum atomic E-state index is 13.7. The molecule has 2 N–H and O–H groups in total. The zero-order valence-corrected chi connectivity index (χ0v) is 8.88. The summed E-state index contributed by atoms with van der Waals surface area (Å²) in [5.74, 6) is -2.45. The molecule has 0 aliphatic heterocycles. The lowest BCUT2D eigenvalue weighted by atomic mass is 10.0. The summed E-state index contributed by atoms with van der Waals surface area (Å²) >= 11 is 0. The van der Waals surface area contributed by atoms with Crippen molar-refractivity contribution in [1.29, 1.82) is 0 Å². The molecule has 0 amide bonds. The molecule has 0 aliphatic carbocycles. The summed E-state index contributed by atoms with van der Waals surface area (Å²) in [5.41, 5.74) is 6.54. The lowest BCUT2D eigenvalue weighted by Gasteiger charge is -2.06. The molecule has 0 radical (unpaired) electrons. The molecule has 0 spiro atoms. The molecule has 0 unspecified atom stereocenters. The molecule has 0 aliphatic rings. The van der Waals surface area contributed by atoms with Crippen molar-refractivity contribution in [3.05, 3.63) is 59.4 Å². The van der Waals surface area contributed by atoms with E-state index in [1.807, 2.05) is 0 Å². The third-order valence-corrected chi connectivity index (χ3v) is 2.50. The SMILES string of the molecule is NCc1ccc(-c2ccc(F)c(F)c2)c(F)c1. The number of nitrogens with two attached hydrogens (primary N) is 1. The third-order valence-electron chi connectivity index (χ3n) is 2.50. The molecule has 17 heavy (non-hydrogen) atoms.